The van der Waals surface area contributed by atoms with Crippen molar-refractivity contribution in [3.05, 3.63) is 59.2 Å². The molecule has 22 heavy (non-hydrogen) atoms. The second kappa shape index (κ2) is 6.10. The van der Waals surface area contributed by atoms with E-state index in [9.17, 15) is 4.79 Å². The van der Waals surface area contributed by atoms with E-state index in [0.717, 1.165) is 30.9 Å². The molecule has 2 aromatic carbocycles. The lowest BCUT2D eigenvalue weighted by molar-refractivity contribution is 0.0601. The Labute approximate surface area is 130 Å². The molecule has 0 radical (unpaired) electrons. The van der Waals surface area contributed by atoms with Crippen molar-refractivity contribution in [1.82, 2.24) is 0 Å². The Balaban J connectivity index is 1.78. The van der Waals surface area contributed by atoms with Crippen molar-refractivity contribution in [2.75, 3.05) is 25.7 Å². The molecule has 0 saturated heterocycles. The van der Waals surface area contributed by atoms with Crippen molar-refractivity contribution in [3.8, 4) is 5.75 Å². The van der Waals surface area contributed by atoms with Crippen LogP contribution in [0.25, 0.3) is 0 Å². The molecular formula is C18H19NO3. The molecule has 0 unspecified atom stereocenters. The summed E-state index contributed by atoms with van der Waals surface area (Å²) in [5.41, 5.74) is 4.37. The van der Waals surface area contributed by atoms with Gasteiger partial charge in [0.2, 0.25) is 0 Å². The average molecular weight is 297 g/mol. The van der Waals surface area contributed by atoms with Crippen LogP contribution in [-0.4, -0.2) is 26.7 Å². The first-order valence-corrected chi connectivity index (χ1v) is 7.30. The lowest BCUT2D eigenvalue weighted by Gasteiger charge is -2.31. The smallest absolute Gasteiger partial charge is 0.337 e. The lowest BCUT2D eigenvalue weighted by Crippen LogP contribution is -2.30. The number of anilines is 1. The highest BCUT2D eigenvalue weighted by Gasteiger charge is 2.17. The Morgan fingerprint density at radius 2 is 1.82 bits per heavy atom. The van der Waals surface area contributed by atoms with Crippen LogP contribution in [0.3, 0.4) is 0 Å². The van der Waals surface area contributed by atoms with Crippen LogP contribution >= 0.6 is 0 Å². The van der Waals surface area contributed by atoms with Gasteiger partial charge in [-0.1, -0.05) is 6.07 Å². The summed E-state index contributed by atoms with van der Waals surface area (Å²) < 4.78 is 10.0. The van der Waals surface area contributed by atoms with Gasteiger partial charge in [-0.3, -0.25) is 0 Å². The van der Waals surface area contributed by atoms with Gasteiger partial charge in [-0.25, -0.2) is 4.79 Å². The maximum Gasteiger partial charge on any atom is 0.337 e. The Morgan fingerprint density at radius 3 is 2.50 bits per heavy atom. The van der Waals surface area contributed by atoms with Gasteiger partial charge >= 0.3 is 5.97 Å². The minimum absolute atomic E-state index is 0.303. The number of hydrogen-bond acceptors (Lipinski definition) is 4. The van der Waals surface area contributed by atoms with E-state index in [1.807, 2.05) is 30.3 Å². The lowest BCUT2D eigenvalue weighted by atomic mass is 9.99. The number of benzene rings is 2. The van der Waals surface area contributed by atoms with Gasteiger partial charge in [0.15, 0.2) is 0 Å². The molecule has 0 bridgehead atoms. The fourth-order valence-corrected chi connectivity index (χ4v) is 2.80. The Hall–Kier alpha value is -2.49. The van der Waals surface area contributed by atoms with Gasteiger partial charge < -0.3 is 14.4 Å². The van der Waals surface area contributed by atoms with Gasteiger partial charge in [0, 0.05) is 18.8 Å². The minimum Gasteiger partial charge on any atom is -0.497 e. The predicted molar refractivity (Wildman–Crippen MR) is 85.5 cm³/mol. The monoisotopic (exact) mass is 297 g/mol. The number of ether oxygens (including phenoxy) is 2. The summed E-state index contributed by atoms with van der Waals surface area (Å²) in [6.45, 7) is 1.83. The predicted octanol–water partition coefficient (Wildman–Crippen LogP) is 3.04. The Morgan fingerprint density at radius 1 is 1.05 bits per heavy atom. The van der Waals surface area contributed by atoms with E-state index in [1.54, 1.807) is 7.11 Å². The van der Waals surface area contributed by atoms with E-state index in [1.165, 1.54) is 18.2 Å². The summed E-state index contributed by atoms with van der Waals surface area (Å²) in [5.74, 6) is 0.609. The molecule has 1 aliphatic heterocycles. The van der Waals surface area contributed by atoms with Crippen LogP contribution in [0, 0.1) is 0 Å². The van der Waals surface area contributed by atoms with E-state index in [2.05, 4.69) is 17.0 Å². The maximum atomic E-state index is 11.5. The molecule has 0 atom stereocenters. The molecule has 0 aromatic heterocycles. The largest absolute Gasteiger partial charge is 0.497 e. The first-order chi connectivity index (χ1) is 10.7. The maximum absolute atomic E-state index is 11.5. The van der Waals surface area contributed by atoms with E-state index >= 15 is 0 Å². The van der Waals surface area contributed by atoms with Crippen LogP contribution in [-0.2, 0) is 17.7 Å². The fraction of sp³-hybridized carbons (Fsp3) is 0.278. The summed E-state index contributed by atoms with van der Waals surface area (Å²) >= 11 is 0. The summed E-state index contributed by atoms with van der Waals surface area (Å²) in [5, 5.41) is 0. The molecule has 114 valence electrons. The van der Waals surface area contributed by atoms with Crippen molar-refractivity contribution >= 4 is 11.7 Å². The van der Waals surface area contributed by atoms with Crippen LogP contribution in [0.2, 0.25) is 0 Å². The van der Waals surface area contributed by atoms with Crippen molar-refractivity contribution in [2.24, 2.45) is 0 Å². The number of esters is 1. The number of hydrogen-bond donors (Lipinski definition) is 0. The Kier molecular flexibility index (Phi) is 4.00. The first-order valence-electron chi connectivity index (χ1n) is 7.30. The third-order valence-corrected chi connectivity index (χ3v) is 4.08. The molecule has 3 rings (SSSR count). The third-order valence-electron chi connectivity index (χ3n) is 4.08. The highest BCUT2D eigenvalue weighted by molar-refractivity contribution is 5.89. The van der Waals surface area contributed by atoms with Crippen LogP contribution < -0.4 is 9.64 Å². The van der Waals surface area contributed by atoms with E-state index < -0.39 is 0 Å². The summed E-state index contributed by atoms with van der Waals surface area (Å²) in [6, 6.07) is 13.8. The van der Waals surface area contributed by atoms with Crippen molar-refractivity contribution in [3.63, 3.8) is 0 Å². The molecule has 0 amide bonds. The van der Waals surface area contributed by atoms with E-state index in [4.69, 9.17) is 9.47 Å². The zero-order valence-corrected chi connectivity index (χ0v) is 12.8. The molecular weight excluding hydrogens is 278 g/mol. The van der Waals surface area contributed by atoms with Gasteiger partial charge in [-0.15, -0.1) is 0 Å². The highest BCUT2D eigenvalue weighted by atomic mass is 16.5. The average Bonchev–Trinajstić information content (AvgIpc) is 2.60. The molecule has 0 fully saturated rings. The second-order valence-corrected chi connectivity index (χ2v) is 5.34. The van der Waals surface area contributed by atoms with Gasteiger partial charge in [0.25, 0.3) is 0 Å². The highest BCUT2D eigenvalue weighted by Crippen LogP contribution is 2.27. The normalized spacial score (nSPS) is 13.5. The van der Waals surface area contributed by atoms with Crippen molar-refractivity contribution in [1.29, 1.82) is 0 Å². The first kappa shape index (κ1) is 14.4. The van der Waals surface area contributed by atoms with Crippen LogP contribution in [0.15, 0.2) is 42.5 Å². The summed E-state index contributed by atoms with van der Waals surface area (Å²) in [6.07, 6.45) is 0.991. The van der Waals surface area contributed by atoms with E-state index in [-0.39, 0.29) is 5.97 Å². The third kappa shape index (κ3) is 2.77. The summed E-state index contributed by atoms with van der Waals surface area (Å²) in [7, 11) is 3.09. The van der Waals surface area contributed by atoms with Crippen molar-refractivity contribution in [2.45, 2.75) is 13.0 Å². The number of fused-ring (bicyclic) bond motifs is 1. The molecule has 0 aliphatic carbocycles. The van der Waals surface area contributed by atoms with Gasteiger partial charge in [-0.2, -0.15) is 0 Å². The number of nitrogens with zero attached hydrogens (tertiary/aromatic N) is 1. The van der Waals surface area contributed by atoms with E-state index in [0.29, 0.717) is 5.56 Å². The van der Waals surface area contributed by atoms with Gasteiger partial charge in [0.05, 0.1) is 19.8 Å². The SMILES string of the molecule is COC(=O)c1ccc(N2CCc3cc(OC)ccc3C2)cc1. The quantitative estimate of drug-likeness (QED) is 0.816. The Bertz CT molecular complexity index is 679. The van der Waals surface area contributed by atoms with Gasteiger partial charge in [0.1, 0.15) is 5.75 Å². The van der Waals surface area contributed by atoms with Crippen molar-refractivity contribution < 1.29 is 14.3 Å². The zero-order chi connectivity index (χ0) is 15.5. The molecule has 0 N–H and O–H groups in total. The standard InChI is InChI=1S/C18H19NO3/c1-21-17-8-5-15-12-19(10-9-14(15)11-17)16-6-3-13(4-7-16)18(20)22-2/h3-8,11H,9-10,12H2,1-2H3. The van der Waals surface area contributed by atoms with Crippen LogP contribution in [0.1, 0.15) is 21.5 Å². The molecule has 4 nitrogen and oxygen atoms in total. The second-order valence-electron chi connectivity index (χ2n) is 5.34. The van der Waals surface area contributed by atoms with Crippen LogP contribution in [0.5, 0.6) is 5.75 Å². The molecule has 0 spiro atoms. The topological polar surface area (TPSA) is 38.8 Å². The fourth-order valence-electron chi connectivity index (χ4n) is 2.80. The molecule has 0 saturated carbocycles. The number of methoxy groups -OCH3 is 2. The number of carbonyl (C=O) groups excluding carboxylic acids is 1. The molecule has 2 aromatic rings. The number of carbonyl (C=O) groups is 1. The molecule has 1 heterocycles. The molecule has 1 aliphatic rings. The van der Waals surface area contributed by atoms with Crippen LogP contribution in [0.4, 0.5) is 5.69 Å². The zero-order valence-electron chi connectivity index (χ0n) is 12.8. The minimum atomic E-state index is -0.303. The summed E-state index contributed by atoms with van der Waals surface area (Å²) in [4.78, 5) is 13.8. The number of rotatable bonds is 3. The molecule has 4 heteroatoms. The van der Waals surface area contributed by atoms with Gasteiger partial charge in [-0.05, 0) is 53.9 Å².